The third-order valence-corrected chi connectivity index (χ3v) is 12.3. The quantitative estimate of drug-likeness (QED) is 0.212. The van der Waals surface area contributed by atoms with Crippen LogP contribution in [0.25, 0.3) is 11.1 Å². The Morgan fingerprint density at radius 2 is 1.23 bits per heavy atom. The van der Waals surface area contributed by atoms with Crippen LogP contribution >= 0.6 is 23.5 Å². The number of halogens is 6. The molecule has 1 fully saturated rings. The fraction of sp³-hybridized carbons (Fsp3) is 0.281. The van der Waals surface area contributed by atoms with Gasteiger partial charge in [0.15, 0.2) is 0 Å². The standard InChI is InChI=1S/C32H22F6O3S2/c1-16(41-27(39)17-12-14-18(40-3)15-13-17)29-24(20-9-5-7-11-22(20)43-29)26-25(30(33,34)32(37,38)31(26,35)36)23-19-8-4-6-10-21(19)42-28(23,29)2/h4-16H,1-3H3/t16-,28+,29+/m0/s1. The maximum absolute atomic E-state index is 16.0. The molecule has 0 saturated heterocycles. The van der Waals surface area contributed by atoms with Gasteiger partial charge in [0.1, 0.15) is 16.6 Å². The molecule has 43 heavy (non-hydrogen) atoms. The maximum Gasteiger partial charge on any atom is 0.380 e. The Kier molecular flexibility index (Phi) is 5.87. The molecule has 222 valence electrons. The number of rotatable bonds is 4. The lowest BCUT2D eigenvalue weighted by Crippen LogP contribution is -2.57. The van der Waals surface area contributed by atoms with Crippen molar-refractivity contribution in [2.45, 2.75) is 57.0 Å². The predicted molar refractivity (Wildman–Crippen MR) is 152 cm³/mol. The van der Waals surface area contributed by atoms with Gasteiger partial charge in [-0.05, 0) is 72.5 Å². The van der Waals surface area contributed by atoms with Crippen LogP contribution in [0.3, 0.4) is 0 Å². The van der Waals surface area contributed by atoms with Gasteiger partial charge in [0, 0.05) is 20.9 Å². The SMILES string of the molecule is COc1ccc(C(=O)O[C@@H](C)[C@@]23Sc4ccccc4C2=C2C(=C4c5ccccc5S[C@]43C)C(F)(F)C(F)(F)C2(F)F)cc1. The summed E-state index contributed by atoms with van der Waals surface area (Å²) in [6.07, 6.45) is -1.25. The number of thioether (sulfide) groups is 2. The summed E-state index contributed by atoms with van der Waals surface area (Å²) in [6.45, 7) is 3.10. The minimum absolute atomic E-state index is 0.136. The Bertz CT molecular complexity index is 1780. The summed E-state index contributed by atoms with van der Waals surface area (Å²) >= 11 is 2.21. The number of allylic oxidation sites excluding steroid dienone is 2. The molecule has 0 aromatic heterocycles. The van der Waals surface area contributed by atoms with Crippen molar-refractivity contribution < 1.29 is 40.6 Å². The number of benzene rings is 3. The molecule has 0 spiro atoms. The van der Waals surface area contributed by atoms with Gasteiger partial charge >= 0.3 is 23.7 Å². The average molecular weight is 633 g/mol. The van der Waals surface area contributed by atoms with Crippen LogP contribution in [0.15, 0.2) is 93.7 Å². The molecule has 1 saturated carbocycles. The second-order valence-corrected chi connectivity index (χ2v) is 13.7. The van der Waals surface area contributed by atoms with Crippen molar-refractivity contribution in [1.82, 2.24) is 0 Å². The van der Waals surface area contributed by atoms with Crippen LogP contribution in [0, 0.1) is 0 Å². The predicted octanol–water partition coefficient (Wildman–Crippen LogP) is 8.79. The smallest absolute Gasteiger partial charge is 0.380 e. The zero-order chi connectivity index (χ0) is 30.7. The van der Waals surface area contributed by atoms with Crippen LogP contribution in [-0.2, 0) is 4.74 Å². The van der Waals surface area contributed by atoms with Gasteiger partial charge < -0.3 is 9.47 Å². The van der Waals surface area contributed by atoms with E-state index in [0.29, 0.717) is 15.5 Å². The number of hydrogen-bond acceptors (Lipinski definition) is 5. The van der Waals surface area contributed by atoms with E-state index in [2.05, 4.69) is 0 Å². The molecule has 0 radical (unpaired) electrons. The number of hydrogen-bond donors (Lipinski definition) is 0. The van der Waals surface area contributed by atoms with Gasteiger partial charge in [-0.15, -0.1) is 23.5 Å². The fourth-order valence-electron chi connectivity index (χ4n) is 6.87. The molecule has 2 heterocycles. The zero-order valence-corrected chi connectivity index (χ0v) is 24.4. The van der Waals surface area contributed by atoms with E-state index < -0.39 is 50.5 Å². The topological polar surface area (TPSA) is 35.5 Å². The van der Waals surface area contributed by atoms with Gasteiger partial charge in [-0.25, -0.2) is 4.79 Å². The number of alkyl halides is 6. The van der Waals surface area contributed by atoms with Crippen LogP contribution in [-0.4, -0.2) is 46.4 Å². The van der Waals surface area contributed by atoms with E-state index in [0.717, 1.165) is 23.5 Å². The number of carbonyl (C=O) groups excluding carboxylic acids is 1. The van der Waals surface area contributed by atoms with Crippen molar-refractivity contribution >= 4 is 40.6 Å². The highest BCUT2D eigenvalue weighted by Gasteiger charge is 2.85. The summed E-state index contributed by atoms with van der Waals surface area (Å²) < 4.78 is 102. The summed E-state index contributed by atoms with van der Waals surface area (Å²) in [4.78, 5) is 14.4. The van der Waals surface area contributed by atoms with Gasteiger partial charge in [-0.3, -0.25) is 0 Å². The highest BCUT2D eigenvalue weighted by Crippen LogP contribution is 2.79. The van der Waals surface area contributed by atoms with Crippen LogP contribution < -0.4 is 4.74 Å². The van der Waals surface area contributed by atoms with Crippen LogP contribution in [0.5, 0.6) is 5.75 Å². The van der Waals surface area contributed by atoms with Gasteiger partial charge in [-0.2, -0.15) is 26.3 Å². The average Bonchev–Trinajstić information content (AvgIpc) is 3.52. The van der Waals surface area contributed by atoms with E-state index in [1.807, 2.05) is 0 Å². The summed E-state index contributed by atoms with van der Waals surface area (Å²) in [5.74, 6) is -16.4. The molecule has 0 bridgehead atoms. The van der Waals surface area contributed by atoms with Crippen LogP contribution in [0.1, 0.15) is 35.3 Å². The molecule has 4 aliphatic rings. The molecule has 3 aromatic rings. The Morgan fingerprint density at radius 1 is 0.721 bits per heavy atom. The number of methoxy groups -OCH3 is 1. The summed E-state index contributed by atoms with van der Waals surface area (Å²) in [5.41, 5.74) is -2.93. The summed E-state index contributed by atoms with van der Waals surface area (Å²) in [7, 11) is 1.46. The molecule has 0 N–H and O–H groups in total. The highest BCUT2D eigenvalue weighted by atomic mass is 32.2. The van der Waals surface area contributed by atoms with Gasteiger partial charge in [0.25, 0.3) is 0 Å². The summed E-state index contributed by atoms with van der Waals surface area (Å²) in [6, 6.07) is 18.7. The van der Waals surface area contributed by atoms with E-state index in [1.165, 1.54) is 44.4 Å². The molecular formula is C32H22F6O3S2. The van der Waals surface area contributed by atoms with Crippen LogP contribution in [0.2, 0.25) is 0 Å². The minimum atomic E-state index is -5.70. The third-order valence-electron chi connectivity index (χ3n) is 8.80. The van der Waals surface area contributed by atoms with Crippen molar-refractivity contribution in [3.05, 3.63) is 101 Å². The van der Waals surface area contributed by atoms with Crippen molar-refractivity contribution in [2.24, 2.45) is 0 Å². The first kappa shape index (κ1) is 28.5. The molecule has 0 amide bonds. The Morgan fingerprint density at radius 3 is 1.81 bits per heavy atom. The summed E-state index contributed by atoms with van der Waals surface area (Å²) in [5, 5.41) is 0. The highest BCUT2D eigenvalue weighted by molar-refractivity contribution is 8.06. The van der Waals surface area contributed by atoms with E-state index in [4.69, 9.17) is 9.47 Å². The Balaban J connectivity index is 1.54. The zero-order valence-electron chi connectivity index (χ0n) is 22.8. The van der Waals surface area contributed by atoms with Crippen molar-refractivity contribution in [3.63, 3.8) is 0 Å². The first-order valence-electron chi connectivity index (χ1n) is 13.3. The lowest BCUT2D eigenvalue weighted by atomic mass is 9.65. The third kappa shape index (κ3) is 3.30. The minimum Gasteiger partial charge on any atom is -0.497 e. The molecule has 2 aliphatic heterocycles. The second kappa shape index (κ2) is 8.88. The van der Waals surface area contributed by atoms with Crippen molar-refractivity contribution in [2.75, 3.05) is 7.11 Å². The van der Waals surface area contributed by atoms with Gasteiger partial charge in [0.2, 0.25) is 0 Å². The molecule has 3 nitrogen and oxygen atoms in total. The van der Waals surface area contributed by atoms with E-state index in [1.54, 1.807) is 49.4 Å². The normalized spacial score (nSPS) is 27.6. The number of ether oxygens (including phenoxy) is 2. The molecule has 3 aromatic carbocycles. The molecule has 3 atom stereocenters. The Hall–Kier alpha value is -3.31. The number of esters is 1. The molecule has 0 unspecified atom stereocenters. The van der Waals surface area contributed by atoms with Crippen molar-refractivity contribution in [1.29, 1.82) is 0 Å². The number of fused-ring (bicyclic) bond motifs is 8. The second-order valence-electron chi connectivity index (χ2n) is 11.0. The number of carbonyl (C=O) groups is 1. The molecule has 2 aliphatic carbocycles. The van der Waals surface area contributed by atoms with Gasteiger partial charge in [-0.1, -0.05) is 36.4 Å². The maximum atomic E-state index is 16.0. The monoisotopic (exact) mass is 632 g/mol. The first-order chi connectivity index (χ1) is 20.2. The lowest BCUT2D eigenvalue weighted by molar-refractivity contribution is -0.257. The first-order valence-corrected chi connectivity index (χ1v) is 14.9. The Labute approximate surface area is 251 Å². The largest absolute Gasteiger partial charge is 0.497 e. The van der Waals surface area contributed by atoms with E-state index in [9.17, 15) is 4.79 Å². The molecule has 11 heteroatoms. The van der Waals surface area contributed by atoms with E-state index in [-0.39, 0.29) is 27.8 Å². The van der Waals surface area contributed by atoms with Crippen LogP contribution in [0.4, 0.5) is 26.3 Å². The molecule has 7 rings (SSSR count). The van der Waals surface area contributed by atoms with E-state index >= 15 is 26.3 Å². The van der Waals surface area contributed by atoms with Gasteiger partial charge in [0.05, 0.1) is 17.4 Å². The fourth-order valence-corrected chi connectivity index (χ4v) is 10.3. The molecular weight excluding hydrogens is 610 g/mol. The van der Waals surface area contributed by atoms with Crippen molar-refractivity contribution in [3.8, 4) is 5.75 Å². The lowest BCUT2D eigenvalue weighted by Gasteiger charge is -2.51.